The van der Waals surface area contributed by atoms with Crippen LogP contribution in [0.2, 0.25) is 0 Å². The predicted molar refractivity (Wildman–Crippen MR) is 279 cm³/mol. The first-order valence-corrected chi connectivity index (χ1v) is 22.6. The Morgan fingerprint density at radius 2 is 0.530 bits per heavy atom. The Morgan fingerprint density at radius 1 is 0.227 bits per heavy atom. The first-order valence-electron chi connectivity index (χ1n) is 22.6. The van der Waals surface area contributed by atoms with Gasteiger partial charge in [-0.05, 0) is 114 Å². The number of benzene rings is 11. The lowest BCUT2D eigenvalue weighted by molar-refractivity contribution is 1.17. The van der Waals surface area contributed by atoms with Crippen molar-refractivity contribution in [2.75, 3.05) is 9.80 Å². The van der Waals surface area contributed by atoms with E-state index < -0.39 is 0 Å². The Morgan fingerprint density at radius 3 is 0.909 bits per heavy atom. The van der Waals surface area contributed by atoms with Crippen LogP contribution in [-0.4, -0.2) is 9.13 Å². The molecule has 0 aliphatic rings. The van der Waals surface area contributed by atoms with Crippen LogP contribution in [0.3, 0.4) is 0 Å². The molecule has 66 heavy (non-hydrogen) atoms. The van der Waals surface area contributed by atoms with Crippen LogP contribution in [0, 0.1) is 0 Å². The van der Waals surface area contributed by atoms with E-state index in [0.29, 0.717) is 0 Å². The SMILES string of the molecule is c1cc(N(c2ccc(-n3c4ccccc4c4ccccc43)cc2)c2cccc3ccccc23)cc(N(c2ccc(-n3c4ccccc4c4ccccc43)cc2)c2cccc3ccccc23)c1. The van der Waals surface area contributed by atoms with Gasteiger partial charge in [0.25, 0.3) is 0 Å². The number of aromatic nitrogens is 2. The van der Waals surface area contributed by atoms with Gasteiger partial charge in [0.15, 0.2) is 0 Å². The molecule has 310 valence electrons. The van der Waals surface area contributed by atoms with Gasteiger partial charge in [-0.15, -0.1) is 0 Å². The Hall–Kier alpha value is -8.86. The second-order valence-electron chi connectivity index (χ2n) is 17.0. The number of fused-ring (bicyclic) bond motifs is 8. The fraction of sp³-hybridized carbons (Fsp3) is 0. The van der Waals surface area contributed by atoms with Crippen molar-refractivity contribution in [2.24, 2.45) is 0 Å². The number of anilines is 6. The maximum absolute atomic E-state index is 2.41. The summed E-state index contributed by atoms with van der Waals surface area (Å²) in [7, 11) is 0. The van der Waals surface area contributed by atoms with Crippen molar-refractivity contribution >= 4 is 99.3 Å². The highest BCUT2D eigenvalue weighted by Crippen LogP contribution is 2.45. The second-order valence-corrected chi connectivity index (χ2v) is 17.0. The quantitative estimate of drug-likeness (QED) is 0.152. The highest BCUT2D eigenvalue weighted by Gasteiger charge is 2.21. The van der Waals surface area contributed by atoms with E-state index in [0.717, 1.165) is 45.5 Å². The summed E-state index contributed by atoms with van der Waals surface area (Å²) < 4.78 is 4.76. The van der Waals surface area contributed by atoms with Gasteiger partial charge in [-0.1, -0.05) is 152 Å². The van der Waals surface area contributed by atoms with Crippen molar-refractivity contribution < 1.29 is 0 Å². The van der Waals surface area contributed by atoms with Gasteiger partial charge in [0, 0.05) is 66.4 Å². The minimum absolute atomic E-state index is 1.06. The van der Waals surface area contributed by atoms with E-state index in [-0.39, 0.29) is 0 Å². The van der Waals surface area contributed by atoms with E-state index in [1.54, 1.807) is 0 Å². The highest BCUT2D eigenvalue weighted by molar-refractivity contribution is 6.10. The van der Waals surface area contributed by atoms with Gasteiger partial charge >= 0.3 is 0 Å². The highest BCUT2D eigenvalue weighted by atomic mass is 15.2. The summed E-state index contributed by atoms with van der Waals surface area (Å²) in [6.07, 6.45) is 0. The van der Waals surface area contributed by atoms with E-state index in [1.807, 2.05) is 0 Å². The lowest BCUT2D eigenvalue weighted by atomic mass is 10.0. The summed E-state index contributed by atoms with van der Waals surface area (Å²) in [5.74, 6) is 0. The second kappa shape index (κ2) is 15.4. The number of para-hydroxylation sites is 4. The lowest BCUT2D eigenvalue weighted by Crippen LogP contribution is -2.14. The molecule has 0 radical (unpaired) electrons. The molecule has 0 spiro atoms. The van der Waals surface area contributed by atoms with Crippen LogP contribution >= 0.6 is 0 Å². The van der Waals surface area contributed by atoms with E-state index in [1.165, 1.54) is 65.2 Å². The van der Waals surface area contributed by atoms with E-state index in [2.05, 4.69) is 274 Å². The molecule has 0 unspecified atom stereocenters. The number of hydrogen-bond donors (Lipinski definition) is 0. The Labute approximate surface area is 382 Å². The molecule has 0 atom stereocenters. The minimum atomic E-state index is 1.06. The minimum Gasteiger partial charge on any atom is -0.310 e. The molecule has 13 rings (SSSR count). The van der Waals surface area contributed by atoms with Crippen molar-refractivity contribution in [1.29, 1.82) is 0 Å². The number of hydrogen-bond acceptors (Lipinski definition) is 2. The summed E-state index contributed by atoms with van der Waals surface area (Å²) in [6, 6.07) is 92.5. The zero-order valence-electron chi connectivity index (χ0n) is 36.0. The van der Waals surface area contributed by atoms with Crippen molar-refractivity contribution in [3.05, 3.63) is 255 Å². The molecular weight excluding hydrogens is 801 g/mol. The van der Waals surface area contributed by atoms with Gasteiger partial charge in [0.2, 0.25) is 0 Å². The molecule has 0 N–H and O–H groups in total. The van der Waals surface area contributed by atoms with Crippen molar-refractivity contribution in [3.8, 4) is 11.4 Å². The van der Waals surface area contributed by atoms with Gasteiger partial charge in [-0.3, -0.25) is 0 Å². The molecular formula is C62H42N4. The largest absolute Gasteiger partial charge is 0.310 e. The van der Waals surface area contributed by atoms with E-state index in [4.69, 9.17) is 0 Å². The molecule has 4 heteroatoms. The van der Waals surface area contributed by atoms with E-state index in [9.17, 15) is 0 Å². The summed E-state index contributed by atoms with van der Waals surface area (Å²) >= 11 is 0. The van der Waals surface area contributed by atoms with Crippen molar-refractivity contribution in [2.45, 2.75) is 0 Å². The van der Waals surface area contributed by atoms with Crippen LogP contribution in [0.1, 0.15) is 0 Å². The van der Waals surface area contributed by atoms with Crippen LogP contribution in [0.5, 0.6) is 0 Å². The molecule has 2 aromatic heterocycles. The maximum Gasteiger partial charge on any atom is 0.0541 e. The average molecular weight is 843 g/mol. The van der Waals surface area contributed by atoms with Gasteiger partial charge in [-0.25, -0.2) is 0 Å². The molecule has 0 saturated carbocycles. The van der Waals surface area contributed by atoms with Crippen molar-refractivity contribution in [1.82, 2.24) is 9.13 Å². The van der Waals surface area contributed by atoms with Gasteiger partial charge in [0.05, 0.1) is 33.4 Å². The lowest BCUT2D eigenvalue weighted by Gasteiger charge is -2.30. The summed E-state index contributed by atoms with van der Waals surface area (Å²) in [4.78, 5) is 4.82. The van der Waals surface area contributed by atoms with Gasteiger partial charge in [0.1, 0.15) is 0 Å². The third-order valence-electron chi connectivity index (χ3n) is 13.3. The molecule has 0 bridgehead atoms. The van der Waals surface area contributed by atoms with Crippen LogP contribution in [0.4, 0.5) is 34.1 Å². The number of rotatable bonds is 8. The maximum atomic E-state index is 2.41. The van der Waals surface area contributed by atoms with E-state index >= 15 is 0 Å². The topological polar surface area (TPSA) is 16.3 Å². The normalized spacial score (nSPS) is 11.6. The zero-order chi connectivity index (χ0) is 43.6. The first kappa shape index (κ1) is 37.7. The molecule has 13 aromatic rings. The van der Waals surface area contributed by atoms with Gasteiger partial charge < -0.3 is 18.9 Å². The fourth-order valence-electron chi connectivity index (χ4n) is 10.3. The molecule has 0 fully saturated rings. The molecule has 0 aliphatic heterocycles. The Kier molecular flexibility index (Phi) is 8.81. The monoisotopic (exact) mass is 842 g/mol. The predicted octanol–water partition coefficient (Wildman–Crippen LogP) is 17.1. The Balaban J connectivity index is 0.977. The third kappa shape index (κ3) is 6.07. The number of nitrogens with zero attached hydrogens (tertiary/aromatic N) is 4. The van der Waals surface area contributed by atoms with Crippen molar-refractivity contribution in [3.63, 3.8) is 0 Å². The molecule has 0 amide bonds. The molecule has 0 aliphatic carbocycles. The van der Waals surface area contributed by atoms with Crippen LogP contribution in [-0.2, 0) is 0 Å². The first-order chi connectivity index (χ1) is 32.8. The smallest absolute Gasteiger partial charge is 0.0541 e. The summed E-state index contributed by atoms with van der Waals surface area (Å²) in [6.45, 7) is 0. The fourth-order valence-corrected chi connectivity index (χ4v) is 10.3. The Bertz CT molecular complexity index is 3580. The molecule has 4 nitrogen and oxygen atoms in total. The average Bonchev–Trinajstić information content (AvgIpc) is 3.90. The van der Waals surface area contributed by atoms with Crippen LogP contribution in [0.25, 0.3) is 76.5 Å². The van der Waals surface area contributed by atoms with Crippen LogP contribution in [0.15, 0.2) is 255 Å². The van der Waals surface area contributed by atoms with Gasteiger partial charge in [-0.2, -0.15) is 0 Å². The molecule has 0 saturated heterocycles. The molecule has 11 aromatic carbocycles. The standard InChI is InChI=1S/C62H42N4/c1-3-22-51-43(16-1)18-13-32-57(51)63(45-34-38-47(39-35-45)65-59-28-9-5-24-53(59)54-25-6-10-29-60(54)65)49-20-15-21-50(42-49)64(58-33-14-19-44-17-2-4-23-52(44)58)46-36-40-48(41-37-46)66-61-30-11-7-26-55(61)56-27-8-12-31-62(56)66/h1-42H. The molecule has 2 heterocycles. The summed E-state index contributed by atoms with van der Waals surface area (Å²) in [5.41, 5.74) is 13.5. The van der Waals surface area contributed by atoms with Crippen LogP contribution < -0.4 is 9.80 Å². The third-order valence-corrected chi connectivity index (χ3v) is 13.3. The summed E-state index contributed by atoms with van der Waals surface area (Å²) in [5, 5.41) is 9.77. The zero-order valence-corrected chi connectivity index (χ0v) is 36.0.